The van der Waals surface area contributed by atoms with Crippen LogP contribution in [0.2, 0.25) is 5.02 Å². The monoisotopic (exact) mass is 375 g/mol. The SMILES string of the molecule is CC1(COc2c(N3CC[NH2+]CC3)cnn(-c3cccc(Cl)c3)c2=O)CC1. The van der Waals surface area contributed by atoms with Gasteiger partial charge in [-0.3, -0.25) is 4.79 Å². The molecule has 2 heterocycles. The zero-order valence-electron chi connectivity index (χ0n) is 14.9. The first-order valence-electron chi connectivity index (χ1n) is 9.13. The molecule has 2 N–H and O–H groups in total. The van der Waals surface area contributed by atoms with Crippen LogP contribution in [0.4, 0.5) is 5.69 Å². The number of rotatable bonds is 5. The lowest BCUT2D eigenvalue weighted by atomic mass is 10.2. The van der Waals surface area contributed by atoms with Crippen LogP contribution in [0.25, 0.3) is 5.69 Å². The average molecular weight is 376 g/mol. The van der Waals surface area contributed by atoms with Crippen molar-refractivity contribution in [3.05, 3.63) is 45.8 Å². The summed E-state index contributed by atoms with van der Waals surface area (Å²) in [7, 11) is 0. The van der Waals surface area contributed by atoms with Crippen molar-refractivity contribution in [2.45, 2.75) is 19.8 Å². The van der Waals surface area contributed by atoms with E-state index >= 15 is 0 Å². The summed E-state index contributed by atoms with van der Waals surface area (Å²) in [6.45, 7) is 6.54. The molecule has 2 aromatic rings. The Morgan fingerprint density at radius 1 is 1.31 bits per heavy atom. The first-order chi connectivity index (χ1) is 12.6. The van der Waals surface area contributed by atoms with E-state index in [0.29, 0.717) is 23.1 Å². The third-order valence-electron chi connectivity index (χ3n) is 5.18. The minimum absolute atomic E-state index is 0.198. The second-order valence-corrected chi connectivity index (χ2v) is 7.94. The molecule has 0 unspecified atom stereocenters. The second-order valence-electron chi connectivity index (χ2n) is 7.51. The Hall–Kier alpha value is -2.05. The molecule has 2 aliphatic rings. The first kappa shape index (κ1) is 17.4. The molecular formula is C19H24ClN4O2+. The van der Waals surface area contributed by atoms with E-state index in [9.17, 15) is 4.79 Å². The number of benzene rings is 1. The molecule has 1 saturated carbocycles. The lowest BCUT2D eigenvalue weighted by Crippen LogP contribution is -2.89. The van der Waals surface area contributed by atoms with Crippen LogP contribution in [-0.2, 0) is 0 Å². The number of nitrogens with two attached hydrogens (primary N) is 1. The fraction of sp³-hybridized carbons (Fsp3) is 0.474. The number of piperazine rings is 1. The number of ether oxygens (including phenoxy) is 1. The van der Waals surface area contributed by atoms with Gasteiger partial charge in [0, 0.05) is 10.4 Å². The van der Waals surface area contributed by atoms with Crippen LogP contribution < -0.4 is 20.5 Å². The number of halogens is 1. The number of anilines is 1. The van der Waals surface area contributed by atoms with Gasteiger partial charge in [0.2, 0.25) is 5.75 Å². The summed E-state index contributed by atoms with van der Waals surface area (Å²) in [5.41, 5.74) is 1.40. The summed E-state index contributed by atoms with van der Waals surface area (Å²) in [5, 5.41) is 7.25. The number of aromatic nitrogens is 2. The topological polar surface area (TPSA) is 64.0 Å². The van der Waals surface area contributed by atoms with Crippen LogP contribution in [0.3, 0.4) is 0 Å². The van der Waals surface area contributed by atoms with Crippen LogP contribution in [0.5, 0.6) is 5.75 Å². The van der Waals surface area contributed by atoms with Crippen molar-refractivity contribution in [2.75, 3.05) is 37.7 Å². The van der Waals surface area contributed by atoms with Gasteiger partial charge in [0.05, 0.1) is 44.7 Å². The highest BCUT2D eigenvalue weighted by molar-refractivity contribution is 6.30. The van der Waals surface area contributed by atoms with Crippen molar-refractivity contribution < 1.29 is 10.1 Å². The van der Waals surface area contributed by atoms with Crippen molar-refractivity contribution in [2.24, 2.45) is 5.41 Å². The van der Waals surface area contributed by atoms with Crippen LogP contribution in [-0.4, -0.2) is 42.6 Å². The molecule has 1 aromatic carbocycles. The highest BCUT2D eigenvalue weighted by atomic mass is 35.5. The fourth-order valence-corrected chi connectivity index (χ4v) is 3.36. The van der Waals surface area contributed by atoms with Crippen molar-refractivity contribution in [3.63, 3.8) is 0 Å². The summed E-state index contributed by atoms with van der Waals surface area (Å²) in [6, 6.07) is 7.14. The molecule has 0 radical (unpaired) electrons. The van der Waals surface area contributed by atoms with E-state index in [1.165, 1.54) is 4.68 Å². The maximum Gasteiger partial charge on any atom is 0.316 e. The summed E-state index contributed by atoms with van der Waals surface area (Å²) in [4.78, 5) is 15.4. The average Bonchev–Trinajstić information content (AvgIpc) is 3.39. The number of hydrogen-bond donors (Lipinski definition) is 1. The molecule has 1 saturated heterocycles. The maximum atomic E-state index is 13.2. The first-order valence-corrected chi connectivity index (χ1v) is 9.51. The molecular weight excluding hydrogens is 352 g/mol. The van der Waals surface area contributed by atoms with E-state index in [1.807, 2.05) is 12.1 Å². The van der Waals surface area contributed by atoms with Gasteiger partial charge in [-0.05, 0) is 31.0 Å². The van der Waals surface area contributed by atoms with Crippen molar-refractivity contribution in [1.29, 1.82) is 0 Å². The van der Waals surface area contributed by atoms with Crippen molar-refractivity contribution >= 4 is 17.3 Å². The zero-order chi connectivity index (χ0) is 18.1. The molecule has 0 bridgehead atoms. The summed E-state index contributed by atoms with van der Waals surface area (Å²) in [6.07, 6.45) is 4.04. The molecule has 7 heteroatoms. The molecule has 0 spiro atoms. The molecule has 138 valence electrons. The van der Waals surface area contributed by atoms with E-state index < -0.39 is 0 Å². The minimum atomic E-state index is -0.233. The Morgan fingerprint density at radius 2 is 2.08 bits per heavy atom. The maximum absolute atomic E-state index is 13.2. The highest BCUT2D eigenvalue weighted by Gasteiger charge is 2.38. The Balaban J connectivity index is 1.74. The zero-order valence-corrected chi connectivity index (χ0v) is 15.7. The summed E-state index contributed by atoms with van der Waals surface area (Å²) >= 11 is 6.08. The van der Waals surface area contributed by atoms with Crippen LogP contribution in [0, 0.1) is 5.41 Å². The van der Waals surface area contributed by atoms with Gasteiger partial charge in [-0.1, -0.05) is 24.6 Å². The lowest BCUT2D eigenvalue weighted by Gasteiger charge is -2.28. The summed E-state index contributed by atoms with van der Waals surface area (Å²) in [5.74, 6) is 0.398. The van der Waals surface area contributed by atoms with Gasteiger partial charge >= 0.3 is 5.56 Å². The van der Waals surface area contributed by atoms with Crippen molar-refractivity contribution in [3.8, 4) is 11.4 Å². The standard InChI is InChI=1S/C19H23ClN4O2/c1-19(5-6-19)13-26-17-16(23-9-7-21-8-10-23)12-22-24(18(17)25)15-4-2-3-14(20)11-15/h2-4,11-12,21H,5-10,13H2,1H3/p+1. The van der Waals surface area contributed by atoms with Gasteiger partial charge in [-0.15, -0.1) is 0 Å². The fourth-order valence-electron chi connectivity index (χ4n) is 3.18. The highest BCUT2D eigenvalue weighted by Crippen LogP contribution is 2.45. The number of quaternary nitrogens is 1. The molecule has 1 aromatic heterocycles. The quantitative estimate of drug-likeness (QED) is 0.859. The largest absolute Gasteiger partial charge is 0.486 e. The van der Waals surface area contributed by atoms with Gasteiger partial charge in [-0.25, -0.2) is 0 Å². The van der Waals surface area contributed by atoms with Crippen LogP contribution in [0.1, 0.15) is 19.8 Å². The number of nitrogens with zero attached hydrogens (tertiary/aromatic N) is 3. The molecule has 0 amide bonds. The van der Waals surface area contributed by atoms with E-state index in [2.05, 4.69) is 22.2 Å². The lowest BCUT2D eigenvalue weighted by molar-refractivity contribution is -0.655. The third-order valence-corrected chi connectivity index (χ3v) is 5.42. The smallest absolute Gasteiger partial charge is 0.316 e. The molecule has 1 aliphatic carbocycles. The predicted octanol–water partition coefficient (Wildman–Crippen LogP) is 1.45. The van der Waals surface area contributed by atoms with Gasteiger partial charge in [0.25, 0.3) is 0 Å². The van der Waals surface area contributed by atoms with Crippen molar-refractivity contribution in [1.82, 2.24) is 9.78 Å². The Bertz CT molecular complexity index is 857. The molecule has 0 atom stereocenters. The second kappa shape index (κ2) is 6.93. The Labute approximate surface area is 157 Å². The van der Waals surface area contributed by atoms with Gasteiger partial charge in [0.1, 0.15) is 5.69 Å². The molecule has 2 fully saturated rings. The molecule has 26 heavy (non-hydrogen) atoms. The van der Waals surface area contributed by atoms with E-state index in [-0.39, 0.29) is 11.0 Å². The third kappa shape index (κ3) is 3.57. The molecule has 6 nitrogen and oxygen atoms in total. The van der Waals surface area contributed by atoms with Gasteiger partial charge in [-0.2, -0.15) is 9.78 Å². The predicted molar refractivity (Wildman–Crippen MR) is 102 cm³/mol. The normalized spacial score (nSPS) is 18.6. The minimum Gasteiger partial charge on any atom is -0.486 e. The summed E-state index contributed by atoms with van der Waals surface area (Å²) < 4.78 is 7.45. The number of hydrogen-bond acceptors (Lipinski definition) is 4. The van der Waals surface area contributed by atoms with Crippen LogP contribution >= 0.6 is 11.6 Å². The van der Waals surface area contributed by atoms with E-state index in [1.54, 1.807) is 18.3 Å². The van der Waals surface area contributed by atoms with Gasteiger partial charge < -0.3 is 15.0 Å². The van der Waals surface area contributed by atoms with Crippen LogP contribution in [0.15, 0.2) is 35.3 Å². The molecule has 4 rings (SSSR count). The van der Waals surface area contributed by atoms with E-state index in [0.717, 1.165) is 44.7 Å². The molecule has 1 aliphatic heterocycles. The van der Waals surface area contributed by atoms with E-state index in [4.69, 9.17) is 16.3 Å². The Morgan fingerprint density at radius 3 is 2.77 bits per heavy atom. The van der Waals surface area contributed by atoms with Gasteiger partial charge in [0.15, 0.2) is 0 Å². The Kier molecular flexibility index (Phi) is 4.63.